The summed E-state index contributed by atoms with van der Waals surface area (Å²) >= 11 is 1.48. The van der Waals surface area contributed by atoms with Crippen LogP contribution in [0, 0.1) is 0 Å². The van der Waals surface area contributed by atoms with E-state index in [0.29, 0.717) is 17.0 Å². The maximum absolute atomic E-state index is 12.5. The Labute approximate surface area is 155 Å². The molecule has 1 aromatic carbocycles. The van der Waals surface area contributed by atoms with Gasteiger partial charge in [-0.2, -0.15) is 18.2 Å². The van der Waals surface area contributed by atoms with Crippen LogP contribution in [0.15, 0.2) is 52.0 Å². The zero-order valence-corrected chi connectivity index (χ0v) is 14.4. The van der Waals surface area contributed by atoms with Crippen LogP contribution in [0.2, 0.25) is 0 Å². The van der Waals surface area contributed by atoms with Gasteiger partial charge in [-0.05, 0) is 24.3 Å². The number of benzene rings is 1. The van der Waals surface area contributed by atoms with Crippen LogP contribution in [0.25, 0.3) is 11.4 Å². The van der Waals surface area contributed by atoms with E-state index in [-0.39, 0.29) is 18.3 Å². The minimum atomic E-state index is -4.70. The highest BCUT2D eigenvalue weighted by Crippen LogP contribution is 2.35. The van der Waals surface area contributed by atoms with E-state index in [4.69, 9.17) is 0 Å². The lowest BCUT2D eigenvalue weighted by Crippen LogP contribution is -2.35. The number of amides is 1. The fourth-order valence-electron chi connectivity index (χ4n) is 2.60. The molecule has 10 heteroatoms. The van der Waals surface area contributed by atoms with Crippen molar-refractivity contribution < 1.29 is 22.5 Å². The van der Waals surface area contributed by atoms with Crippen LogP contribution >= 0.6 is 11.8 Å². The largest absolute Gasteiger partial charge is 0.471 e. The second-order valence-electron chi connectivity index (χ2n) is 5.70. The van der Waals surface area contributed by atoms with Gasteiger partial charge in [-0.1, -0.05) is 17.3 Å². The molecule has 6 nitrogen and oxygen atoms in total. The normalized spacial score (nSPS) is 14.3. The van der Waals surface area contributed by atoms with Crippen molar-refractivity contribution in [2.75, 3.05) is 10.7 Å². The van der Waals surface area contributed by atoms with E-state index in [0.717, 1.165) is 10.6 Å². The van der Waals surface area contributed by atoms with Crippen molar-refractivity contribution in [3.63, 3.8) is 0 Å². The van der Waals surface area contributed by atoms with E-state index in [1.807, 2.05) is 24.3 Å². The number of fused-ring (bicyclic) bond motifs is 1. The van der Waals surface area contributed by atoms with E-state index in [2.05, 4.69) is 19.6 Å². The van der Waals surface area contributed by atoms with Gasteiger partial charge in [0.25, 0.3) is 0 Å². The number of rotatable bonds is 3. The van der Waals surface area contributed by atoms with Gasteiger partial charge < -0.3 is 9.42 Å². The van der Waals surface area contributed by atoms with Crippen molar-refractivity contribution in [3.8, 4) is 11.4 Å². The van der Waals surface area contributed by atoms with E-state index >= 15 is 0 Å². The number of nitrogens with zero attached hydrogens (tertiary/aromatic N) is 4. The number of pyridine rings is 1. The van der Waals surface area contributed by atoms with Crippen LogP contribution in [0.4, 0.5) is 18.9 Å². The summed E-state index contributed by atoms with van der Waals surface area (Å²) in [5, 5.41) is 3.33. The van der Waals surface area contributed by atoms with Gasteiger partial charge in [0.1, 0.15) is 0 Å². The summed E-state index contributed by atoms with van der Waals surface area (Å²) in [5.41, 5.74) is 1.70. The highest BCUT2D eigenvalue weighted by Gasteiger charge is 2.38. The average Bonchev–Trinajstić information content (AvgIpc) is 3.15. The number of thioether (sulfide) groups is 1. The highest BCUT2D eigenvalue weighted by atomic mass is 32.2. The van der Waals surface area contributed by atoms with Gasteiger partial charge in [0.15, 0.2) is 0 Å². The molecule has 0 fully saturated rings. The van der Waals surface area contributed by atoms with Crippen LogP contribution in [-0.4, -0.2) is 26.8 Å². The second-order valence-corrected chi connectivity index (χ2v) is 6.71. The van der Waals surface area contributed by atoms with E-state index < -0.39 is 12.1 Å². The quantitative estimate of drug-likeness (QED) is 0.675. The second kappa shape index (κ2) is 6.69. The van der Waals surface area contributed by atoms with Crippen LogP contribution in [0.1, 0.15) is 11.6 Å². The lowest BCUT2D eigenvalue weighted by atomic mass is 10.2. The number of carbonyl (C=O) groups excluding carboxylic acids is 1. The van der Waals surface area contributed by atoms with Gasteiger partial charge in [-0.25, -0.2) is 0 Å². The molecule has 27 heavy (non-hydrogen) atoms. The number of anilines is 1. The third kappa shape index (κ3) is 3.52. The van der Waals surface area contributed by atoms with Crippen molar-refractivity contribution in [1.82, 2.24) is 15.1 Å². The van der Waals surface area contributed by atoms with Crippen LogP contribution < -0.4 is 4.90 Å². The van der Waals surface area contributed by atoms with Crippen molar-refractivity contribution in [2.45, 2.75) is 17.6 Å². The molecule has 2 aromatic heterocycles. The molecule has 3 aromatic rings. The van der Waals surface area contributed by atoms with Crippen molar-refractivity contribution in [3.05, 3.63) is 54.2 Å². The summed E-state index contributed by atoms with van der Waals surface area (Å²) in [6.07, 6.45) is -3.34. The van der Waals surface area contributed by atoms with Crippen molar-refractivity contribution >= 4 is 23.4 Å². The predicted molar refractivity (Wildman–Crippen MR) is 90.9 cm³/mol. The molecular weight excluding hydrogens is 381 g/mol. The Morgan fingerprint density at radius 1 is 1.19 bits per heavy atom. The summed E-state index contributed by atoms with van der Waals surface area (Å²) in [6.45, 7) is 0.261. The van der Waals surface area contributed by atoms with E-state index in [1.165, 1.54) is 18.0 Å². The third-order valence-corrected chi connectivity index (χ3v) is 4.93. The van der Waals surface area contributed by atoms with Crippen LogP contribution in [-0.2, 0) is 17.5 Å². The molecule has 0 saturated carbocycles. The molecule has 1 aliphatic rings. The first-order chi connectivity index (χ1) is 12.9. The van der Waals surface area contributed by atoms with Crippen molar-refractivity contribution in [1.29, 1.82) is 0 Å². The number of halogens is 3. The first-order valence-electron chi connectivity index (χ1n) is 7.80. The Balaban J connectivity index is 1.55. The lowest BCUT2D eigenvalue weighted by Gasteiger charge is -2.28. The fourth-order valence-corrected chi connectivity index (χ4v) is 3.53. The topological polar surface area (TPSA) is 72.1 Å². The maximum Gasteiger partial charge on any atom is 0.471 e. The number of hydrogen-bond acceptors (Lipinski definition) is 6. The molecule has 138 valence electrons. The molecule has 0 N–H and O–H groups in total. The van der Waals surface area contributed by atoms with Gasteiger partial charge >= 0.3 is 12.1 Å². The molecule has 0 atom stereocenters. The van der Waals surface area contributed by atoms with Gasteiger partial charge in [0.05, 0.1) is 23.7 Å². The first kappa shape index (κ1) is 17.5. The predicted octanol–water partition coefficient (Wildman–Crippen LogP) is 3.79. The molecule has 0 radical (unpaired) electrons. The van der Waals surface area contributed by atoms with Crippen molar-refractivity contribution in [2.24, 2.45) is 0 Å². The summed E-state index contributed by atoms with van der Waals surface area (Å²) in [7, 11) is 0. The first-order valence-corrected chi connectivity index (χ1v) is 8.79. The van der Waals surface area contributed by atoms with Gasteiger partial charge in [-0.15, -0.1) is 11.8 Å². The summed E-state index contributed by atoms with van der Waals surface area (Å²) in [5.74, 6) is -1.29. The molecule has 4 rings (SSSR count). The molecule has 1 aliphatic heterocycles. The van der Waals surface area contributed by atoms with E-state index in [1.54, 1.807) is 17.0 Å². The highest BCUT2D eigenvalue weighted by molar-refractivity contribution is 8.00. The zero-order chi connectivity index (χ0) is 19.0. The van der Waals surface area contributed by atoms with Crippen LogP contribution in [0.3, 0.4) is 0 Å². The lowest BCUT2D eigenvalue weighted by molar-refractivity contribution is -0.159. The molecule has 0 spiro atoms. The van der Waals surface area contributed by atoms with Gasteiger partial charge in [0, 0.05) is 16.7 Å². The standard InChI is InChI=1S/C17H11F3N4O2S/c18-17(19,20)16-22-15(23-26-16)10-5-6-11(21-7-10)8-24-12-3-1-2-4-13(12)27-9-14(24)25/h1-7H,8-9H2. The molecule has 0 saturated heterocycles. The Hall–Kier alpha value is -2.88. The Morgan fingerprint density at radius 3 is 2.70 bits per heavy atom. The monoisotopic (exact) mass is 392 g/mol. The Kier molecular flexibility index (Phi) is 4.34. The fraction of sp³-hybridized carbons (Fsp3) is 0.176. The Morgan fingerprint density at radius 2 is 2.00 bits per heavy atom. The maximum atomic E-state index is 12.5. The van der Waals surface area contributed by atoms with Gasteiger partial charge in [0.2, 0.25) is 11.7 Å². The molecular formula is C17H11F3N4O2S. The summed E-state index contributed by atoms with van der Waals surface area (Å²) in [4.78, 5) is 22.5. The SMILES string of the molecule is O=C1CSc2ccccc2N1Cc1ccc(-c2noc(C(F)(F)F)n2)cn1. The number of carbonyl (C=O) groups is 1. The average molecular weight is 392 g/mol. The molecule has 0 bridgehead atoms. The smallest absolute Gasteiger partial charge is 0.329 e. The summed E-state index contributed by atoms with van der Waals surface area (Å²) in [6, 6.07) is 10.7. The summed E-state index contributed by atoms with van der Waals surface area (Å²) < 4.78 is 41.9. The number of aromatic nitrogens is 3. The minimum Gasteiger partial charge on any atom is -0.329 e. The Bertz CT molecular complexity index is 988. The molecule has 0 aliphatic carbocycles. The molecule has 1 amide bonds. The van der Waals surface area contributed by atoms with Crippen LogP contribution in [0.5, 0.6) is 0 Å². The molecule has 3 heterocycles. The molecule has 0 unspecified atom stereocenters. The third-order valence-electron chi connectivity index (χ3n) is 3.88. The number of alkyl halides is 3. The number of hydrogen-bond donors (Lipinski definition) is 0. The van der Waals surface area contributed by atoms with Gasteiger partial charge in [-0.3, -0.25) is 9.78 Å². The zero-order valence-electron chi connectivity index (χ0n) is 13.6. The minimum absolute atomic E-state index is 0.0300. The van der Waals surface area contributed by atoms with E-state index in [9.17, 15) is 18.0 Å². The number of para-hydroxylation sites is 1.